The van der Waals surface area contributed by atoms with Crippen LogP contribution >= 0.6 is 0 Å². The number of nitro benzene ring substituents is 1. The fourth-order valence-corrected chi connectivity index (χ4v) is 4.08. The van der Waals surface area contributed by atoms with Crippen LogP contribution < -0.4 is 14.5 Å². The third kappa shape index (κ3) is 4.44. The lowest BCUT2D eigenvalue weighted by Crippen LogP contribution is -3.13. The number of nitrogens with one attached hydrogen (secondary N) is 2. The molecule has 0 aliphatic carbocycles. The molecule has 2 N–H and O–H groups in total. The Morgan fingerprint density at radius 2 is 1.81 bits per heavy atom. The molecule has 2 aromatic rings. The van der Waals surface area contributed by atoms with Crippen LogP contribution in [0.15, 0.2) is 53.4 Å². The number of hydrogen-bond donors (Lipinski definition) is 2. The maximum atomic E-state index is 11.9. The highest BCUT2D eigenvalue weighted by atomic mass is 32.2. The number of piperazine rings is 1. The number of rotatable bonds is 6. The van der Waals surface area contributed by atoms with Gasteiger partial charge in [0.15, 0.2) is 0 Å². The van der Waals surface area contributed by atoms with E-state index in [-0.39, 0.29) is 10.6 Å². The molecule has 0 atom stereocenters. The van der Waals surface area contributed by atoms with Crippen LogP contribution in [0.3, 0.4) is 0 Å². The van der Waals surface area contributed by atoms with Gasteiger partial charge in [-0.2, -0.15) is 0 Å². The number of sulfonamides is 1. The summed E-state index contributed by atoms with van der Waals surface area (Å²) >= 11 is 0. The van der Waals surface area contributed by atoms with E-state index in [1.807, 2.05) is 23.1 Å². The monoisotopic (exact) mass is 391 g/mol. The minimum absolute atomic E-state index is 0.103. The van der Waals surface area contributed by atoms with Gasteiger partial charge in [-0.1, -0.05) is 30.3 Å². The lowest BCUT2D eigenvalue weighted by Gasteiger charge is -2.33. The van der Waals surface area contributed by atoms with Crippen LogP contribution in [0.2, 0.25) is 0 Å². The quantitative estimate of drug-likeness (QED) is 0.549. The predicted molar refractivity (Wildman–Crippen MR) is 102 cm³/mol. The Bertz CT molecular complexity index is 910. The number of nitro groups is 1. The second kappa shape index (κ2) is 8.03. The smallest absolute Gasteiger partial charge is 0.293 e. The topological polar surface area (TPSA) is 97.0 Å². The molecule has 1 saturated heterocycles. The van der Waals surface area contributed by atoms with Crippen LogP contribution in [0.1, 0.15) is 5.56 Å². The van der Waals surface area contributed by atoms with Crippen molar-refractivity contribution in [2.45, 2.75) is 11.4 Å². The van der Waals surface area contributed by atoms with E-state index in [2.05, 4.69) is 16.9 Å². The molecule has 0 spiro atoms. The maximum absolute atomic E-state index is 11.9. The molecule has 27 heavy (non-hydrogen) atoms. The van der Waals surface area contributed by atoms with Gasteiger partial charge in [0.2, 0.25) is 10.0 Å². The summed E-state index contributed by atoms with van der Waals surface area (Å²) in [7, 11) is -2.44. The van der Waals surface area contributed by atoms with Crippen LogP contribution in [0, 0.1) is 10.1 Å². The number of quaternary nitrogens is 1. The average molecular weight is 391 g/mol. The van der Waals surface area contributed by atoms with E-state index in [1.165, 1.54) is 29.6 Å². The summed E-state index contributed by atoms with van der Waals surface area (Å²) in [6.45, 7) is 4.02. The molecule has 1 aliphatic rings. The molecule has 1 fully saturated rings. The Morgan fingerprint density at radius 3 is 2.41 bits per heavy atom. The second-order valence-corrected chi connectivity index (χ2v) is 8.40. The predicted octanol–water partition coefficient (Wildman–Crippen LogP) is 0.408. The summed E-state index contributed by atoms with van der Waals surface area (Å²) in [6, 6.07) is 14.3. The Kier molecular flexibility index (Phi) is 5.73. The van der Waals surface area contributed by atoms with Crippen molar-refractivity contribution >= 4 is 21.4 Å². The van der Waals surface area contributed by atoms with Gasteiger partial charge < -0.3 is 9.80 Å². The SMILES string of the molecule is CNS(=O)(=O)c1ccc(N2CC[NH+](Cc3ccccc3)CC2)c([N+](=O)[O-])c1. The zero-order valence-corrected chi connectivity index (χ0v) is 15.9. The summed E-state index contributed by atoms with van der Waals surface area (Å²) in [6.07, 6.45) is 0. The Morgan fingerprint density at radius 1 is 1.15 bits per heavy atom. The first-order valence-corrected chi connectivity index (χ1v) is 10.2. The zero-order valence-electron chi connectivity index (χ0n) is 15.1. The van der Waals surface area contributed by atoms with Gasteiger partial charge in [-0.3, -0.25) is 10.1 Å². The lowest BCUT2D eigenvalue weighted by molar-refractivity contribution is -0.914. The fourth-order valence-electron chi connectivity index (χ4n) is 3.33. The van der Waals surface area contributed by atoms with Crippen molar-refractivity contribution < 1.29 is 18.2 Å². The Balaban J connectivity index is 1.74. The van der Waals surface area contributed by atoms with E-state index in [9.17, 15) is 18.5 Å². The molecule has 9 heteroatoms. The first kappa shape index (κ1) is 19.3. The van der Waals surface area contributed by atoms with E-state index in [0.717, 1.165) is 25.7 Å². The molecule has 0 aromatic heterocycles. The lowest BCUT2D eigenvalue weighted by atomic mass is 10.2. The molecule has 3 rings (SSSR count). The van der Waals surface area contributed by atoms with Crippen LogP contribution in [0.25, 0.3) is 0 Å². The third-order valence-corrected chi connectivity index (χ3v) is 6.24. The summed E-state index contributed by atoms with van der Waals surface area (Å²) in [5, 5.41) is 11.5. The van der Waals surface area contributed by atoms with Crippen LogP contribution in [0.5, 0.6) is 0 Å². The minimum atomic E-state index is -3.72. The van der Waals surface area contributed by atoms with Gasteiger partial charge in [0.1, 0.15) is 12.2 Å². The van der Waals surface area contributed by atoms with E-state index >= 15 is 0 Å². The van der Waals surface area contributed by atoms with Crippen molar-refractivity contribution in [1.82, 2.24) is 4.72 Å². The Labute approximate surface area is 158 Å². The maximum Gasteiger partial charge on any atom is 0.293 e. The zero-order chi connectivity index (χ0) is 19.4. The van der Waals surface area contributed by atoms with Gasteiger partial charge in [0, 0.05) is 11.6 Å². The normalized spacial score (nSPS) is 15.7. The van der Waals surface area contributed by atoms with Gasteiger partial charge in [0.25, 0.3) is 5.69 Å². The summed E-state index contributed by atoms with van der Waals surface area (Å²) < 4.78 is 26.0. The number of hydrogen-bond acceptors (Lipinski definition) is 5. The summed E-state index contributed by atoms with van der Waals surface area (Å²) in [4.78, 5) is 14.3. The highest BCUT2D eigenvalue weighted by Crippen LogP contribution is 2.30. The van der Waals surface area contributed by atoms with Crippen molar-refractivity contribution in [2.75, 3.05) is 38.1 Å². The number of anilines is 1. The van der Waals surface area contributed by atoms with Crippen molar-refractivity contribution in [3.8, 4) is 0 Å². The van der Waals surface area contributed by atoms with Crippen LogP contribution in [-0.2, 0) is 16.6 Å². The average Bonchev–Trinajstić information content (AvgIpc) is 2.69. The van der Waals surface area contributed by atoms with E-state index in [0.29, 0.717) is 18.8 Å². The highest BCUT2D eigenvalue weighted by Gasteiger charge is 2.27. The van der Waals surface area contributed by atoms with E-state index in [1.54, 1.807) is 0 Å². The summed E-state index contributed by atoms with van der Waals surface area (Å²) in [5.41, 5.74) is 1.56. The van der Waals surface area contributed by atoms with Crippen molar-refractivity contribution in [1.29, 1.82) is 0 Å². The first-order valence-electron chi connectivity index (χ1n) is 8.75. The third-order valence-electron chi connectivity index (χ3n) is 4.83. The summed E-state index contributed by atoms with van der Waals surface area (Å²) in [5.74, 6) is 0. The molecular formula is C18H23N4O4S+. The molecule has 0 saturated carbocycles. The van der Waals surface area contributed by atoms with E-state index < -0.39 is 14.9 Å². The molecule has 1 aliphatic heterocycles. The van der Waals surface area contributed by atoms with Gasteiger partial charge >= 0.3 is 0 Å². The second-order valence-electron chi connectivity index (χ2n) is 6.51. The molecule has 2 aromatic carbocycles. The molecule has 0 radical (unpaired) electrons. The molecule has 0 unspecified atom stereocenters. The molecular weight excluding hydrogens is 368 g/mol. The Hall–Kier alpha value is -2.49. The number of nitrogens with zero attached hydrogens (tertiary/aromatic N) is 2. The van der Waals surface area contributed by atoms with Crippen molar-refractivity contribution in [3.63, 3.8) is 0 Å². The highest BCUT2D eigenvalue weighted by molar-refractivity contribution is 7.89. The van der Waals surface area contributed by atoms with Crippen molar-refractivity contribution in [2.24, 2.45) is 0 Å². The fraction of sp³-hybridized carbons (Fsp3) is 0.333. The van der Waals surface area contributed by atoms with Gasteiger partial charge in [-0.25, -0.2) is 13.1 Å². The van der Waals surface area contributed by atoms with Crippen LogP contribution in [0.4, 0.5) is 11.4 Å². The minimum Gasteiger partial charge on any atom is -0.355 e. The largest absolute Gasteiger partial charge is 0.355 e. The number of benzene rings is 2. The first-order chi connectivity index (χ1) is 12.9. The van der Waals surface area contributed by atoms with E-state index in [4.69, 9.17) is 0 Å². The standard InChI is InChI=1S/C18H22N4O4S/c1-19-27(25,26)16-7-8-17(18(13-16)22(23)24)21-11-9-20(10-12-21)14-15-5-3-2-4-6-15/h2-8,13,19H,9-12,14H2,1H3/p+1. The van der Waals surface area contributed by atoms with Crippen molar-refractivity contribution in [3.05, 3.63) is 64.2 Å². The van der Waals surface area contributed by atoms with Crippen LogP contribution in [-0.4, -0.2) is 46.6 Å². The van der Waals surface area contributed by atoms with Gasteiger partial charge in [-0.05, 0) is 19.2 Å². The van der Waals surface area contributed by atoms with Gasteiger partial charge in [-0.15, -0.1) is 0 Å². The molecule has 144 valence electrons. The molecule has 0 amide bonds. The molecule has 0 bridgehead atoms. The molecule has 1 heterocycles. The van der Waals surface area contributed by atoms with Gasteiger partial charge in [0.05, 0.1) is 36.0 Å². The molecule has 8 nitrogen and oxygen atoms in total.